The second kappa shape index (κ2) is 9.90. The molecule has 1 aliphatic heterocycles. The van der Waals surface area contributed by atoms with Crippen molar-refractivity contribution in [2.75, 3.05) is 31.5 Å². The minimum absolute atomic E-state index is 0.0185. The first-order chi connectivity index (χ1) is 15.1. The molecule has 1 N–H and O–H groups in total. The van der Waals surface area contributed by atoms with Gasteiger partial charge in [-0.15, -0.1) is 11.3 Å². The summed E-state index contributed by atoms with van der Waals surface area (Å²) in [6.45, 7) is 6.35. The minimum Gasteiger partial charge on any atom is -0.337 e. The van der Waals surface area contributed by atoms with Crippen LogP contribution in [0.4, 0.5) is 5.69 Å². The summed E-state index contributed by atoms with van der Waals surface area (Å²) in [7, 11) is 0. The molecule has 1 saturated heterocycles. The first kappa shape index (κ1) is 21.3. The predicted octanol–water partition coefficient (Wildman–Crippen LogP) is 4.66. The van der Waals surface area contributed by atoms with Gasteiger partial charge in [0, 0.05) is 44.0 Å². The number of rotatable bonds is 5. The highest BCUT2D eigenvalue weighted by Gasteiger charge is 2.21. The van der Waals surface area contributed by atoms with Crippen LogP contribution in [0.15, 0.2) is 66.0 Å². The van der Waals surface area contributed by atoms with Crippen LogP contribution in [-0.2, 0) is 6.54 Å². The van der Waals surface area contributed by atoms with E-state index in [4.69, 9.17) is 0 Å². The van der Waals surface area contributed by atoms with Crippen molar-refractivity contribution in [2.24, 2.45) is 0 Å². The highest BCUT2D eigenvalue weighted by Crippen LogP contribution is 2.18. The maximum Gasteiger partial charge on any atom is 0.265 e. The molecule has 4 rings (SSSR count). The molecule has 0 atom stereocenters. The lowest BCUT2D eigenvalue weighted by Crippen LogP contribution is -2.35. The van der Waals surface area contributed by atoms with E-state index >= 15 is 0 Å². The van der Waals surface area contributed by atoms with Crippen LogP contribution in [0, 0.1) is 6.92 Å². The molecule has 6 heteroatoms. The molecule has 160 valence electrons. The Hall–Kier alpha value is -2.96. The highest BCUT2D eigenvalue weighted by molar-refractivity contribution is 7.12. The fourth-order valence-corrected chi connectivity index (χ4v) is 4.49. The molecule has 31 heavy (non-hydrogen) atoms. The molecule has 2 aromatic carbocycles. The number of hydrogen-bond acceptors (Lipinski definition) is 4. The number of thiophene rings is 1. The fraction of sp³-hybridized carbons (Fsp3) is 0.280. The van der Waals surface area contributed by atoms with Crippen molar-refractivity contribution in [3.63, 3.8) is 0 Å². The van der Waals surface area contributed by atoms with Crippen molar-refractivity contribution < 1.29 is 9.59 Å². The zero-order chi connectivity index (χ0) is 21.6. The van der Waals surface area contributed by atoms with Gasteiger partial charge in [-0.25, -0.2) is 0 Å². The summed E-state index contributed by atoms with van der Waals surface area (Å²) in [4.78, 5) is 30.5. The van der Waals surface area contributed by atoms with Gasteiger partial charge in [-0.3, -0.25) is 14.5 Å². The maximum atomic E-state index is 13.1. The molecule has 2 heterocycles. The molecule has 5 nitrogen and oxygen atoms in total. The second-order valence-corrected chi connectivity index (χ2v) is 8.81. The van der Waals surface area contributed by atoms with E-state index < -0.39 is 0 Å². The minimum atomic E-state index is -0.152. The lowest BCUT2D eigenvalue weighted by molar-refractivity contribution is 0.0760. The van der Waals surface area contributed by atoms with E-state index in [1.807, 2.05) is 34.5 Å². The van der Waals surface area contributed by atoms with E-state index in [0.29, 0.717) is 22.7 Å². The van der Waals surface area contributed by atoms with Gasteiger partial charge in [-0.05, 0) is 54.1 Å². The van der Waals surface area contributed by atoms with E-state index in [2.05, 4.69) is 41.4 Å². The molecule has 0 aliphatic carbocycles. The van der Waals surface area contributed by atoms with E-state index in [1.165, 1.54) is 22.5 Å². The van der Waals surface area contributed by atoms with Gasteiger partial charge in [-0.2, -0.15) is 0 Å². The van der Waals surface area contributed by atoms with Crippen LogP contribution < -0.4 is 5.32 Å². The van der Waals surface area contributed by atoms with Gasteiger partial charge in [-0.1, -0.05) is 36.4 Å². The molecular weight excluding hydrogens is 406 g/mol. The van der Waals surface area contributed by atoms with Crippen LogP contribution in [0.1, 0.15) is 37.6 Å². The number of nitrogens with zero attached hydrogens (tertiary/aromatic N) is 2. The van der Waals surface area contributed by atoms with Crippen molar-refractivity contribution >= 4 is 28.8 Å². The first-order valence-electron chi connectivity index (χ1n) is 10.6. The molecule has 3 aromatic rings. The summed E-state index contributed by atoms with van der Waals surface area (Å²) < 4.78 is 0. The average Bonchev–Trinajstić information content (AvgIpc) is 3.22. The van der Waals surface area contributed by atoms with Gasteiger partial charge in [0.25, 0.3) is 11.8 Å². The third kappa shape index (κ3) is 5.40. The van der Waals surface area contributed by atoms with Gasteiger partial charge in [0.1, 0.15) is 0 Å². The Morgan fingerprint density at radius 3 is 2.65 bits per heavy atom. The third-order valence-corrected chi connectivity index (χ3v) is 6.51. The standard InChI is InChI=1S/C25H27N3O2S/c1-19-7-2-3-8-21(19)18-27-12-6-13-28(15-14-27)25(30)20-9-4-10-22(17-20)26-24(29)23-11-5-16-31-23/h2-5,7-11,16-17H,6,12-15,18H2,1H3,(H,26,29). The van der Waals surface area contributed by atoms with Crippen LogP contribution in [0.5, 0.6) is 0 Å². The Labute approximate surface area is 187 Å². The Balaban J connectivity index is 1.38. The molecule has 0 unspecified atom stereocenters. The van der Waals surface area contributed by atoms with Gasteiger partial charge in [0.15, 0.2) is 0 Å². The van der Waals surface area contributed by atoms with E-state index in [1.54, 1.807) is 12.1 Å². The van der Waals surface area contributed by atoms with Gasteiger partial charge in [0.2, 0.25) is 0 Å². The molecule has 0 spiro atoms. The number of amides is 2. The number of anilines is 1. The summed E-state index contributed by atoms with van der Waals surface area (Å²) in [6.07, 6.45) is 0.951. The normalized spacial score (nSPS) is 14.8. The third-order valence-electron chi connectivity index (χ3n) is 5.64. The van der Waals surface area contributed by atoms with Crippen LogP contribution in [-0.4, -0.2) is 47.8 Å². The van der Waals surface area contributed by atoms with Gasteiger partial charge >= 0.3 is 0 Å². The molecule has 2 amide bonds. The smallest absolute Gasteiger partial charge is 0.265 e. The summed E-state index contributed by atoms with van der Waals surface area (Å²) in [5.41, 5.74) is 3.90. The summed E-state index contributed by atoms with van der Waals surface area (Å²) in [5, 5.41) is 4.76. The molecule has 1 fully saturated rings. The maximum absolute atomic E-state index is 13.1. The number of hydrogen-bond donors (Lipinski definition) is 1. The summed E-state index contributed by atoms with van der Waals surface area (Å²) in [6, 6.07) is 19.3. The largest absolute Gasteiger partial charge is 0.337 e. The van der Waals surface area contributed by atoms with Crippen LogP contribution >= 0.6 is 11.3 Å². The Morgan fingerprint density at radius 1 is 0.968 bits per heavy atom. The molecule has 1 aromatic heterocycles. The lowest BCUT2D eigenvalue weighted by atomic mass is 10.1. The average molecular weight is 434 g/mol. The quantitative estimate of drug-likeness (QED) is 0.637. The van der Waals surface area contributed by atoms with Crippen molar-refractivity contribution in [3.8, 4) is 0 Å². The number of carbonyl (C=O) groups is 2. The van der Waals surface area contributed by atoms with Gasteiger partial charge in [0.05, 0.1) is 4.88 Å². The number of carbonyl (C=O) groups excluding carboxylic acids is 2. The van der Waals surface area contributed by atoms with E-state index in [9.17, 15) is 9.59 Å². The predicted molar refractivity (Wildman–Crippen MR) is 126 cm³/mol. The van der Waals surface area contributed by atoms with Crippen molar-refractivity contribution in [2.45, 2.75) is 19.9 Å². The van der Waals surface area contributed by atoms with Crippen molar-refractivity contribution in [1.29, 1.82) is 0 Å². The number of benzene rings is 2. The van der Waals surface area contributed by atoms with Gasteiger partial charge < -0.3 is 10.2 Å². The molecule has 0 radical (unpaired) electrons. The summed E-state index contributed by atoms with van der Waals surface area (Å²) >= 11 is 1.40. The summed E-state index contributed by atoms with van der Waals surface area (Å²) in [5.74, 6) is -0.133. The molecule has 0 bridgehead atoms. The van der Waals surface area contributed by atoms with E-state index in [0.717, 1.165) is 32.6 Å². The molecule has 0 saturated carbocycles. The Kier molecular flexibility index (Phi) is 6.79. The van der Waals surface area contributed by atoms with Crippen molar-refractivity contribution in [3.05, 3.63) is 87.6 Å². The Morgan fingerprint density at radius 2 is 1.84 bits per heavy atom. The van der Waals surface area contributed by atoms with E-state index in [-0.39, 0.29) is 11.8 Å². The second-order valence-electron chi connectivity index (χ2n) is 7.86. The SMILES string of the molecule is Cc1ccccc1CN1CCCN(C(=O)c2cccc(NC(=O)c3cccs3)c2)CC1. The van der Waals surface area contributed by atoms with Crippen LogP contribution in [0.25, 0.3) is 0 Å². The van der Waals surface area contributed by atoms with Crippen LogP contribution in [0.2, 0.25) is 0 Å². The molecule has 1 aliphatic rings. The first-order valence-corrected chi connectivity index (χ1v) is 11.5. The topological polar surface area (TPSA) is 52.6 Å². The Bertz CT molecular complexity index is 1050. The fourth-order valence-electron chi connectivity index (χ4n) is 3.87. The number of aryl methyl sites for hydroxylation is 1. The lowest BCUT2D eigenvalue weighted by Gasteiger charge is -2.23. The molecular formula is C25H27N3O2S. The zero-order valence-electron chi connectivity index (χ0n) is 17.7. The zero-order valence-corrected chi connectivity index (χ0v) is 18.5. The van der Waals surface area contributed by atoms with Crippen LogP contribution in [0.3, 0.4) is 0 Å². The number of nitrogens with one attached hydrogen (secondary N) is 1. The monoisotopic (exact) mass is 433 g/mol. The van der Waals surface area contributed by atoms with Crippen molar-refractivity contribution in [1.82, 2.24) is 9.80 Å². The highest BCUT2D eigenvalue weighted by atomic mass is 32.1.